The number of nitrogens with one attached hydrogen (secondary N) is 1. The second-order valence-electron chi connectivity index (χ2n) is 4.39. The van der Waals surface area contributed by atoms with E-state index in [2.05, 4.69) is 10.3 Å². The number of Topliss-reactive ketones (excluding diaryl/α,β-unsaturated/α-hetero) is 1. The number of halogens is 1. The zero-order valence-corrected chi connectivity index (χ0v) is 11.4. The van der Waals surface area contributed by atoms with E-state index < -0.39 is 0 Å². The standard InChI is InChI=1S/C13H14FN3OS/c1-7(2)10(18)11-12(15)17-13(19-11)16-9-5-3-4-8(14)6-9/h3-7H,15H2,1-2H3,(H,16,17). The van der Waals surface area contributed by atoms with Crippen molar-refractivity contribution in [3.63, 3.8) is 0 Å². The Bertz CT molecular complexity index is 610. The highest BCUT2D eigenvalue weighted by molar-refractivity contribution is 7.18. The van der Waals surface area contributed by atoms with Gasteiger partial charge in [0.2, 0.25) is 0 Å². The van der Waals surface area contributed by atoms with E-state index in [1.54, 1.807) is 26.0 Å². The number of thiazole rings is 1. The molecule has 0 unspecified atom stereocenters. The summed E-state index contributed by atoms with van der Waals surface area (Å²) in [7, 11) is 0. The first-order valence-electron chi connectivity index (χ1n) is 5.80. The van der Waals surface area contributed by atoms with Crippen LogP contribution in [-0.4, -0.2) is 10.8 Å². The molecule has 2 rings (SSSR count). The molecule has 0 bridgehead atoms. The van der Waals surface area contributed by atoms with E-state index in [1.165, 1.54) is 23.5 Å². The molecular weight excluding hydrogens is 265 g/mol. The van der Waals surface area contributed by atoms with Gasteiger partial charge in [0.25, 0.3) is 0 Å². The van der Waals surface area contributed by atoms with Crippen molar-refractivity contribution >= 4 is 33.8 Å². The van der Waals surface area contributed by atoms with E-state index in [4.69, 9.17) is 5.73 Å². The van der Waals surface area contributed by atoms with Crippen molar-refractivity contribution < 1.29 is 9.18 Å². The fourth-order valence-corrected chi connectivity index (χ4v) is 2.51. The van der Waals surface area contributed by atoms with Crippen LogP contribution in [-0.2, 0) is 0 Å². The van der Waals surface area contributed by atoms with Crippen molar-refractivity contribution in [2.75, 3.05) is 11.1 Å². The highest BCUT2D eigenvalue weighted by Gasteiger charge is 2.18. The van der Waals surface area contributed by atoms with Crippen molar-refractivity contribution in [2.24, 2.45) is 5.92 Å². The lowest BCUT2D eigenvalue weighted by Crippen LogP contribution is -2.07. The first kappa shape index (κ1) is 13.5. The van der Waals surface area contributed by atoms with Crippen LogP contribution in [0.25, 0.3) is 0 Å². The lowest BCUT2D eigenvalue weighted by Gasteiger charge is -2.01. The van der Waals surface area contributed by atoms with Crippen LogP contribution < -0.4 is 11.1 Å². The van der Waals surface area contributed by atoms with Gasteiger partial charge in [-0.25, -0.2) is 9.37 Å². The van der Waals surface area contributed by atoms with Gasteiger partial charge in [0.05, 0.1) is 0 Å². The average Bonchev–Trinajstić information content (AvgIpc) is 2.69. The maximum Gasteiger partial charge on any atom is 0.189 e. The number of anilines is 3. The van der Waals surface area contributed by atoms with Gasteiger partial charge in [-0.15, -0.1) is 0 Å². The van der Waals surface area contributed by atoms with Crippen molar-refractivity contribution in [2.45, 2.75) is 13.8 Å². The van der Waals surface area contributed by atoms with Gasteiger partial charge in [-0.1, -0.05) is 31.3 Å². The SMILES string of the molecule is CC(C)C(=O)c1sc(Nc2cccc(F)c2)nc1N. The molecule has 0 spiro atoms. The van der Waals surface area contributed by atoms with E-state index in [-0.39, 0.29) is 23.3 Å². The fourth-order valence-electron chi connectivity index (χ4n) is 1.51. The molecule has 0 aliphatic carbocycles. The van der Waals surface area contributed by atoms with Crippen molar-refractivity contribution in [3.8, 4) is 0 Å². The molecule has 3 N–H and O–H groups in total. The summed E-state index contributed by atoms with van der Waals surface area (Å²) < 4.78 is 13.1. The summed E-state index contributed by atoms with van der Waals surface area (Å²) in [6.07, 6.45) is 0. The molecule has 0 radical (unpaired) electrons. The second kappa shape index (κ2) is 5.36. The van der Waals surface area contributed by atoms with E-state index in [0.717, 1.165) is 0 Å². The van der Waals surface area contributed by atoms with Crippen LogP contribution in [0, 0.1) is 11.7 Å². The number of nitrogens with zero attached hydrogens (tertiary/aromatic N) is 1. The minimum atomic E-state index is -0.340. The quantitative estimate of drug-likeness (QED) is 0.841. The minimum absolute atomic E-state index is 0.0395. The van der Waals surface area contributed by atoms with Gasteiger partial charge in [0.15, 0.2) is 10.9 Å². The summed E-state index contributed by atoms with van der Waals surface area (Å²) in [5, 5.41) is 3.41. The Hall–Kier alpha value is -1.95. The second-order valence-corrected chi connectivity index (χ2v) is 5.39. The van der Waals surface area contributed by atoms with Crippen molar-refractivity contribution in [1.29, 1.82) is 0 Å². The van der Waals surface area contributed by atoms with Gasteiger partial charge in [0, 0.05) is 11.6 Å². The molecule has 100 valence electrons. The van der Waals surface area contributed by atoms with Gasteiger partial charge in [-0.2, -0.15) is 0 Å². The minimum Gasteiger partial charge on any atom is -0.382 e. The number of hydrogen-bond donors (Lipinski definition) is 2. The maximum atomic E-state index is 13.1. The zero-order chi connectivity index (χ0) is 14.0. The van der Waals surface area contributed by atoms with E-state index in [0.29, 0.717) is 15.7 Å². The maximum absolute atomic E-state index is 13.1. The van der Waals surface area contributed by atoms with Gasteiger partial charge in [0.1, 0.15) is 16.5 Å². The number of carbonyl (C=O) groups excluding carboxylic acids is 1. The predicted molar refractivity (Wildman–Crippen MR) is 75.4 cm³/mol. The summed E-state index contributed by atoms with van der Waals surface area (Å²) in [6, 6.07) is 6.01. The Labute approximate surface area is 114 Å². The third-order valence-corrected chi connectivity index (χ3v) is 3.48. The number of carbonyl (C=O) groups is 1. The van der Waals surface area contributed by atoms with Crippen molar-refractivity contribution in [3.05, 3.63) is 35.0 Å². The third-order valence-electron chi connectivity index (χ3n) is 2.48. The Kier molecular flexibility index (Phi) is 3.80. The fraction of sp³-hybridized carbons (Fsp3) is 0.231. The molecule has 19 heavy (non-hydrogen) atoms. The Morgan fingerprint density at radius 2 is 2.21 bits per heavy atom. The first-order valence-corrected chi connectivity index (χ1v) is 6.62. The largest absolute Gasteiger partial charge is 0.382 e. The van der Waals surface area contributed by atoms with Gasteiger partial charge in [-0.05, 0) is 18.2 Å². The van der Waals surface area contributed by atoms with Crippen LogP contribution in [0.2, 0.25) is 0 Å². The van der Waals surface area contributed by atoms with Crippen LogP contribution in [0.3, 0.4) is 0 Å². The van der Waals surface area contributed by atoms with E-state index in [9.17, 15) is 9.18 Å². The van der Waals surface area contributed by atoms with Crippen LogP contribution in [0.1, 0.15) is 23.5 Å². The number of ketones is 1. The summed E-state index contributed by atoms with van der Waals surface area (Å²) in [4.78, 5) is 16.4. The molecule has 2 aromatic rings. The van der Waals surface area contributed by atoms with E-state index in [1.807, 2.05) is 0 Å². The summed E-state index contributed by atoms with van der Waals surface area (Å²) in [5.74, 6) is -0.303. The van der Waals surface area contributed by atoms with Crippen LogP contribution in [0.4, 0.5) is 21.0 Å². The lowest BCUT2D eigenvalue weighted by molar-refractivity contribution is 0.0944. The topological polar surface area (TPSA) is 68.0 Å². The highest BCUT2D eigenvalue weighted by atomic mass is 32.1. The number of nitrogens with two attached hydrogens (primary N) is 1. The molecule has 0 aliphatic heterocycles. The molecule has 1 heterocycles. The van der Waals surface area contributed by atoms with Gasteiger partial charge < -0.3 is 11.1 Å². The molecule has 0 amide bonds. The Balaban J connectivity index is 2.23. The normalized spacial score (nSPS) is 10.7. The molecule has 1 aromatic heterocycles. The molecule has 0 saturated carbocycles. The predicted octanol–water partition coefficient (Wildman–Crippen LogP) is 3.45. The average molecular weight is 279 g/mol. The number of rotatable bonds is 4. The summed E-state index contributed by atoms with van der Waals surface area (Å²) >= 11 is 1.18. The number of hydrogen-bond acceptors (Lipinski definition) is 5. The Morgan fingerprint density at radius 1 is 1.47 bits per heavy atom. The molecule has 1 aromatic carbocycles. The van der Waals surface area contributed by atoms with E-state index >= 15 is 0 Å². The third kappa shape index (κ3) is 3.08. The monoisotopic (exact) mass is 279 g/mol. The summed E-state index contributed by atoms with van der Waals surface area (Å²) in [5.41, 5.74) is 6.29. The number of aromatic nitrogens is 1. The van der Waals surface area contributed by atoms with Gasteiger partial charge >= 0.3 is 0 Å². The molecule has 0 saturated heterocycles. The van der Waals surface area contributed by atoms with Crippen molar-refractivity contribution in [1.82, 2.24) is 4.98 Å². The molecule has 0 atom stereocenters. The van der Waals surface area contributed by atoms with Crippen LogP contribution in [0.5, 0.6) is 0 Å². The van der Waals surface area contributed by atoms with Gasteiger partial charge in [-0.3, -0.25) is 4.79 Å². The Morgan fingerprint density at radius 3 is 2.84 bits per heavy atom. The molecular formula is C13H14FN3OS. The molecule has 0 aliphatic rings. The zero-order valence-electron chi connectivity index (χ0n) is 10.6. The molecule has 4 nitrogen and oxygen atoms in total. The first-order chi connectivity index (χ1) is 8.97. The smallest absolute Gasteiger partial charge is 0.189 e. The highest BCUT2D eigenvalue weighted by Crippen LogP contribution is 2.29. The lowest BCUT2D eigenvalue weighted by atomic mass is 10.1. The molecule has 6 heteroatoms. The molecule has 0 fully saturated rings. The summed E-state index contributed by atoms with van der Waals surface area (Å²) in [6.45, 7) is 3.61. The van der Waals surface area contributed by atoms with Crippen LogP contribution in [0.15, 0.2) is 24.3 Å². The number of nitrogen functional groups attached to an aromatic ring is 1. The van der Waals surface area contributed by atoms with Crippen LogP contribution >= 0.6 is 11.3 Å². The number of benzene rings is 1.